The van der Waals surface area contributed by atoms with E-state index in [1.807, 2.05) is 0 Å². The van der Waals surface area contributed by atoms with Gasteiger partial charge in [0.1, 0.15) is 11.6 Å². The third-order valence-corrected chi connectivity index (χ3v) is 2.26. The van der Waals surface area contributed by atoms with Crippen LogP contribution in [0.2, 0.25) is 5.28 Å². The number of hydrogen-bond acceptors (Lipinski definition) is 5. The maximum absolute atomic E-state index is 13.1. The van der Waals surface area contributed by atoms with Gasteiger partial charge in [-0.05, 0) is 42.3 Å². The molecule has 0 spiro atoms. The molecule has 2 rings (SSSR count). The van der Waals surface area contributed by atoms with Gasteiger partial charge in [-0.2, -0.15) is 9.97 Å². The molecule has 0 N–H and O–H groups in total. The smallest absolute Gasteiger partial charge is 0.329 e. The minimum absolute atomic E-state index is 0.0159. The summed E-state index contributed by atoms with van der Waals surface area (Å²) in [4.78, 5) is 11.3. The molecule has 1 aromatic carbocycles. The van der Waals surface area contributed by atoms with E-state index >= 15 is 0 Å². The fraction of sp³-hybridized carbons (Fsp3) is 0.182. The number of aryl methyl sites for hydroxylation is 1. The Bertz CT molecular complexity index is 580. The van der Waals surface area contributed by atoms with Crippen LogP contribution in [0.5, 0.6) is 17.8 Å². The molecule has 0 atom stereocenters. The lowest BCUT2D eigenvalue weighted by Crippen LogP contribution is -1.98. The molecule has 0 fully saturated rings. The number of rotatable bonds is 3. The van der Waals surface area contributed by atoms with Crippen LogP contribution in [0, 0.1) is 12.7 Å². The van der Waals surface area contributed by atoms with Crippen molar-refractivity contribution in [3.8, 4) is 17.8 Å². The predicted octanol–water partition coefficient (Wildman–Crippen LogP) is 2.77. The van der Waals surface area contributed by atoms with Crippen molar-refractivity contribution < 1.29 is 13.9 Å². The van der Waals surface area contributed by atoms with Gasteiger partial charge in [0, 0.05) is 0 Å². The maximum atomic E-state index is 13.1. The first-order valence-electron chi connectivity index (χ1n) is 4.98. The fourth-order valence-corrected chi connectivity index (χ4v) is 1.38. The number of halogens is 2. The highest BCUT2D eigenvalue weighted by Crippen LogP contribution is 2.22. The van der Waals surface area contributed by atoms with Gasteiger partial charge in [0.25, 0.3) is 0 Å². The lowest BCUT2D eigenvalue weighted by Gasteiger charge is -2.06. The van der Waals surface area contributed by atoms with Crippen molar-refractivity contribution in [2.75, 3.05) is 7.11 Å². The van der Waals surface area contributed by atoms with E-state index in [4.69, 9.17) is 21.1 Å². The van der Waals surface area contributed by atoms with Gasteiger partial charge in [-0.25, -0.2) is 4.39 Å². The molecule has 0 amide bonds. The van der Waals surface area contributed by atoms with Crippen molar-refractivity contribution in [1.82, 2.24) is 15.0 Å². The number of nitrogens with zero attached hydrogens (tertiary/aromatic N) is 3. The first-order chi connectivity index (χ1) is 8.58. The van der Waals surface area contributed by atoms with Crippen LogP contribution in [0.25, 0.3) is 0 Å². The van der Waals surface area contributed by atoms with Crippen LogP contribution in [0.1, 0.15) is 5.56 Å². The minimum atomic E-state index is -0.311. The molecule has 0 unspecified atom stereocenters. The van der Waals surface area contributed by atoms with E-state index in [1.54, 1.807) is 6.92 Å². The molecule has 0 aliphatic rings. The second-order valence-corrected chi connectivity index (χ2v) is 3.72. The number of hydrogen-bond donors (Lipinski definition) is 0. The van der Waals surface area contributed by atoms with Gasteiger partial charge < -0.3 is 9.47 Å². The molecule has 0 bridgehead atoms. The van der Waals surface area contributed by atoms with Gasteiger partial charge >= 0.3 is 12.0 Å². The molecule has 1 heterocycles. The Labute approximate surface area is 108 Å². The van der Waals surface area contributed by atoms with Crippen LogP contribution in [-0.2, 0) is 0 Å². The first kappa shape index (κ1) is 12.5. The van der Waals surface area contributed by atoms with Crippen molar-refractivity contribution in [2.24, 2.45) is 0 Å². The fourth-order valence-electron chi connectivity index (χ4n) is 1.24. The Morgan fingerprint density at radius 3 is 2.56 bits per heavy atom. The summed E-state index contributed by atoms with van der Waals surface area (Å²) < 4.78 is 23.3. The monoisotopic (exact) mass is 269 g/mol. The van der Waals surface area contributed by atoms with Crippen LogP contribution < -0.4 is 9.47 Å². The molecule has 94 valence electrons. The van der Waals surface area contributed by atoms with E-state index in [0.29, 0.717) is 11.3 Å². The number of aromatic nitrogens is 3. The number of benzene rings is 1. The lowest BCUT2D eigenvalue weighted by molar-refractivity contribution is 0.359. The van der Waals surface area contributed by atoms with E-state index < -0.39 is 0 Å². The Kier molecular flexibility index (Phi) is 3.57. The molecule has 0 aliphatic heterocycles. The molecule has 18 heavy (non-hydrogen) atoms. The molecule has 7 heteroatoms. The van der Waals surface area contributed by atoms with Crippen LogP contribution in [0.4, 0.5) is 4.39 Å². The topological polar surface area (TPSA) is 57.1 Å². The van der Waals surface area contributed by atoms with Gasteiger partial charge in [-0.1, -0.05) is 0 Å². The molecule has 0 saturated heterocycles. The highest BCUT2D eigenvalue weighted by molar-refractivity contribution is 6.28. The Hall–Kier alpha value is -1.95. The summed E-state index contributed by atoms with van der Waals surface area (Å²) >= 11 is 5.67. The Morgan fingerprint density at radius 2 is 1.89 bits per heavy atom. The Balaban J connectivity index is 2.27. The van der Waals surface area contributed by atoms with E-state index in [1.165, 1.54) is 25.3 Å². The molecule has 5 nitrogen and oxygen atoms in total. The number of ether oxygens (including phenoxy) is 2. The molecule has 1 aromatic heterocycles. The third kappa shape index (κ3) is 2.84. The van der Waals surface area contributed by atoms with Crippen molar-refractivity contribution >= 4 is 11.6 Å². The van der Waals surface area contributed by atoms with E-state index in [-0.39, 0.29) is 23.1 Å². The lowest BCUT2D eigenvalue weighted by atomic mass is 10.2. The standard InChI is InChI=1S/C11H9ClFN3O2/c1-6-5-7(3-4-8(6)13)18-11-15-9(12)14-10(16-11)17-2/h3-5H,1-2H3. The normalized spacial score (nSPS) is 10.2. The molecule has 0 radical (unpaired) electrons. The Morgan fingerprint density at radius 1 is 1.17 bits per heavy atom. The first-order valence-corrected chi connectivity index (χ1v) is 5.36. The second-order valence-electron chi connectivity index (χ2n) is 3.39. The van der Waals surface area contributed by atoms with Gasteiger partial charge in [0.15, 0.2) is 0 Å². The summed E-state index contributed by atoms with van der Waals surface area (Å²) in [6, 6.07) is 4.32. The van der Waals surface area contributed by atoms with Gasteiger partial charge in [0.05, 0.1) is 7.11 Å². The summed E-state index contributed by atoms with van der Waals surface area (Å²) in [5, 5.41) is -0.0457. The molecule has 0 saturated carbocycles. The molecular formula is C11H9ClFN3O2. The van der Waals surface area contributed by atoms with E-state index in [9.17, 15) is 4.39 Å². The third-order valence-electron chi connectivity index (χ3n) is 2.09. The van der Waals surface area contributed by atoms with Crippen molar-refractivity contribution in [1.29, 1.82) is 0 Å². The maximum Gasteiger partial charge on any atom is 0.329 e. The van der Waals surface area contributed by atoms with Crippen LogP contribution >= 0.6 is 11.6 Å². The summed E-state index contributed by atoms with van der Waals surface area (Å²) in [5.41, 5.74) is 0.458. The summed E-state index contributed by atoms with van der Waals surface area (Å²) in [7, 11) is 1.40. The summed E-state index contributed by atoms with van der Waals surface area (Å²) in [6.45, 7) is 1.63. The van der Waals surface area contributed by atoms with Gasteiger partial charge in [0.2, 0.25) is 5.28 Å². The van der Waals surface area contributed by atoms with Crippen molar-refractivity contribution in [3.05, 3.63) is 34.9 Å². The quantitative estimate of drug-likeness (QED) is 0.857. The zero-order valence-electron chi connectivity index (χ0n) is 9.65. The molecule has 2 aromatic rings. The highest BCUT2D eigenvalue weighted by atomic mass is 35.5. The average Bonchev–Trinajstić information content (AvgIpc) is 2.33. The van der Waals surface area contributed by atoms with Crippen molar-refractivity contribution in [3.63, 3.8) is 0 Å². The zero-order chi connectivity index (χ0) is 13.1. The molecular weight excluding hydrogens is 261 g/mol. The van der Waals surface area contributed by atoms with Crippen LogP contribution in [0.15, 0.2) is 18.2 Å². The highest BCUT2D eigenvalue weighted by Gasteiger charge is 2.08. The van der Waals surface area contributed by atoms with Crippen LogP contribution in [0.3, 0.4) is 0 Å². The van der Waals surface area contributed by atoms with Crippen molar-refractivity contribution in [2.45, 2.75) is 6.92 Å². The summed E-state index contributed by atoms with van der Waals surface area (Å²) in [5.74, 6) is 0.0897. The zero-order valence-corrected chi connectivity index (χ0v) is 10.4. The SMILES string of the molecule is COc1nc(Cl)nc(Oc2ccc(F)c(C)c2)n1. The second kappa shape index (κ2) is 5.14. The summed E-state index contributed by atoms with van der Waals surface area (Å²) in [6.07, 6.45) is 0. The number of methoxy groups -OCH3 is 1. The van der Waals surface area contributed by atoms with Gasteiger partial charge in [-0.3, -0.25) is 0 Å². The predicted molar refractivity (Wildman–Crippen MR) is 62.6 cm³/mol. The largest absolute Gasteiger partial charge is 0.467 e. The minimum Gasteiger partial charge on any atom is -0.467 e. The van der Waals surface area contributed by atoms with E-state index in [2.05, 4.69) is 15.0 Å². The average molecular weight is 270 g/mol. The van der Waals surface area contributed by atoms with Gasteiger partial charge in [-0.15, -0.1) is 4.98 Å². The molecule has 0 aliphatic carbocycles. The van der Waals surface area contributed by atoms with E-state index in [0.717, 1.165) is 0 Å². The van der Waals surface area contributed by atoms with Crippen LogP contribution in [-0.4, -0.2) is 22.1 Å².